The maximum absolute atomic E-state index is 11.5. The lowest BCUT2D eigenvalue weighted by Gasteiger charge is -2.21. The zero-order valence-electron chi connectivity index (χ0n) is 10.8. The van der Waals surface area contributed by atoms with Crippen molar-refractivity contribution in [3.05, 3.63) is 0 Å². The number of ether oxygens (including phenoxy) is 1. The summed E-state index contributed by atoms with van der Waals surface area (Å²) < 4.78 is 5.29. The second-order valence-electron chi connectivity index (χ2n) is 4.59. The molecule has 0 radical (unpaired) electrons. The quantitative estimate of drug-likeness (QED) is 0.761. The zero-order chi connectivity index (χ0) is 11.8. The second kappa shape index (κ2) is 9.68. The van der Waals surface area contributed by atoms with Crippen LogP contribution in [0.15, 0.2) is 0 Å². The normalized spacial score (nSPS) is 18.2. The smallest absolute Gasteiger partial charge is 0.220 e. The SMILES string of the molecule is CNC(C)CNC(=O)CCC1CCOCC1.Cl. The number of nitrogens with one attached hydrogen (secondary N) is 2. The topological polar surface area (TPSA) is 50.4 Å². The van der Waals surface area contributed by atoms with E-state index in [9.17, 15) is 4.79 Å². The molecule has 0 aromatic heterocycles. The van der Waals surface area contributed by atoms with Crippen molar-refractivity contribution < 1.29 is 9.53 Å². The fraction of sp³-hybridized carbons (Fsp3) is 0.917. The Hall–Kier alpha value is -0.320. The Morgan fingerprint density at radius 1 is 1.41 bits per heavy atom. The molecule has 1 unspecified atom stereocenters. The minimum Gasteiger partial charge on any atom is -0.381 e. The maximum Gasteiger partial charge on any atom is 0.220 e. The standard InChI is InChI=1S/C12H24N2O2.ClH/c1-10(13-2)9-14-12(15)4-3-11-5-7-16-8-6-11;/h10-11,13H,3-9H2,1-2H3,(H,14,15);1H. The number of amides is 1. The second-order valence-corrected chi connectivity index (χ2v) is 4.59. The van der Waals surface area contributed by atoms with E-state index in [1.165, 1.54) is 0 Å². The van der Waals surface area contributed by atoms with Gasteiger partial charge in [-0.2, -0.15) is 0 Å². The summed E-state index contributed by atoms with van der Waals surface area (Å²) in [7, 11) is 1.90. The van der Waals surface area contributed by atoms with Crippen molar-refractivity contribution >= 4 is 18.3 Å². The summed E-state index contributed by atoms with van der Waals surface area (Å²) in [5.74, 6) is 0.856. The van der Waals surface area contributed by atoms with E-state index >= 15 is 0 Å². The van der Waals surface area contributed by atoms with Crippen LogP contribution in [0, 0.1) is 5.92 Å². The molecule has 1 heterocycles. The molecule has 0 saturated carbocycles. The fourth-order valence-corrected chi connectivity index (χ4v) is 1.83. The lowest BCUT2D eigenvalue weighted by molar-refractivity contribution is -0.121. The molecular weight excluding hydrogens is 240 g/mol. The summed E-state index contributed by atoms with van der Waals surface area (Å²) in [6, 6.07) is 0.340. The van der Waals surface area contributed by atoms with Gasteiger partial charge in [-0.1, -0.05) is 0 Å². The molecule has 0 aromatic carbocycles. The number of rotatable bonds is 6. The number of halogens is 1. The van der Waals surface area contributed by atoms with Crippen LogP contribution in [0.2, 0.25) is 0 Å². The first-order chi connectivity index (χ1) is 7.72. The molecule has 5 heteroatoms. The van der Waals surface area contributed by atoms with Gasteiger partial charge in [0.15, 0.2) is 0 Å². The van der Waals surface area contributed by atoms with Crippen molar-refractivity contribution in [1.82, 2.24) is 10.6 Å². The van der Waals surface area contributed by atoms with Crippen molar-refractivity contribution in [2.24, 2.45) is 5.92 Å². The number of carbonyl (C=O) groups excluding carboxylic acids is 1. The van der Waals surface area contributed by atoms with E-state index < -0.39 is 0 Å². The number of hydrogen-bond acceptors (Lipinski definition) is 3. The molecule has 1 atom stereocenters. The molecule has 1 amide bonds. The number of hydrogen-bond donors (Lipinski definition) is 2. The van der Waals surface area contributed by atoms with Crippen LogP contribution in [0.5, 0.6) is 0 Å². The highest BCUT2D eigenvalue weighted by Gasteiger charge is 2.15. The highest BCUT2D eigenvalue weighted by molar-refractivity contribution is 5.85. The van der Waals surface area contributed by atoms with Gasteiger partial charge < -0.3 is 15.4 Å². The predicted molar refractivity (Wildman–Crippen MR) is 71.6 cm³/mol. The summed E-state index contributed by atoms with van der Waals surface area (Å²) in [6.07, 6.45) is 3.88. The molecule has 0 aromatic rings. The molecule has 17 heavy (non-hydrogen) atoms. The van der Waals surface area contributed by atoms with Crippen LogP contribution in [0.1, 0.15) is 32.6 Å². The third kappa shape index (κ3) is 7.58. The average molecular weight is 265 g/mol. The van der Waals surface area contributed by atoms with Crippen LogP contribution in [0.25, 0.3) is 0 Å². The van der Waals surface area contributed by atoms with Gasteiger partial charge in [-0.15, -0.1) is 12.4 Å². The molecule has 1 fully saturated rings. The molecule has 2 N–H and O–H groups in total. The summed E-state index contributed by atoms with van der Waals surface area (Å²) in [6.45, 7) is 4.49. The van der Waals surface area contributed by atoms with E-state index in [4.69, 9.17) is 4.74 Å². The number of carbonyl (C=O) groups is 1. The van der Waals surface area contributed by atoms with Crippen molar-refractivity contribution in [2.45, 2.75) is 38.6 Å². The molecule has 1 rings (SSSR count). The lowest BCUT2D eigenvalue weighted by Crippen LogP contribution is -2.37. The van der Waals surface area contributed by atoms with Crippen molar-refractivity contribution in [1.29, 1.82) is 0 Å². The van der Waals surface area contributed by atoms with E-state index in [2.05, 4.69) is 17.6 Å². The summed E-state index contributed by atoms with van der Waals surface area (Å²) >= 11 is 0. The molecule has 4 nitrogen and oxygen atoms in total. The van der Waals surface area contributed by atoms with Gasteiger partial charge in [-0.05, 0) is 39.2 Å². The van der Waals surface area contributed by atoms with Gasteiger partial charge in [0.1, 0.15) is 0 Å². The van der Waals surface area contributed by atoms with E-state index in [0.29, 0.717) is 24.9 Å². The third-order valence-corrected chi connectivity index (χ3v) is 3.22. The highest BCUT2D eigenvalue weighted by Crippen LogP contribution is 2.19. The van der Waals surface area contributed by atoms with Crippen LogP contribution in [0.3, 0.4) is 0 Å². The summed E-state index contributed by atoms with van der Waals surface area (Å²) in [5.41, 5.74) is 0. The minimum atomic E-state index is 0. The van der Waals surface area contributed by atoms with Crippen LogP contribution in [-0.4, -0.2) is 38.8 Å². The first-order valence-corrected chi connectivity index (χ1v) is 6.24. The first kappa shape index (κ1) is 16.7. The monoisotopic (exact) mass is 264 g/mol. The molecule has 0 spiro atoms. The molecule has 102 valence electrons. The Morgan fingerprint density at radius 2 is 2.06 bits per heavy atom. The molecule has 1 aliphatic heterocycles. The number of likely N-dealkylation sites (N-methyl/N-ethyl adjacent to an activating group) is 1. The van der Waals surface area contributed by atoms with Crippen molar-refractivity contribution in [3.8, 4) is 0 Å². The van der Waals surface area contributed by atoms with Crippen LogP contribution in [0.4, 0.5) is 0 Å². The van der Waals surface area contributed by atoms with Gasteiger partial charge in [0.25, 0.3) is 0 Å². The molecule has 0 bridgehead atoms. The Morgan fingerprint density at radius 3 is 2.65 bits per heavy atom. The zero-order valence-corrected chi connectivity index (χ0v) is 11.6. The third-order valence-electron chi connectivity index (χ3n) is 3.22. The van der Waals surface area contributed by atoms with Crippen molar-refractivity contribution in [3.63, 3.8) is 0 Å². The van der Waals surface area contributed by atoms with Gasteiger partial charge in [0.05, 0.1) is 0 Å². The fourth-order valence-electron chi connectivity index (χ4n) is 1.83. The Bertz CT molecular complexity index is 209. The van der Waals surface area contributed by atoms with E-state index in [1.807, 2.05) is 7.05 Å². The molecule has 0 aliphatic carbocycles. The Balaban J connectivity index is 0.00000256. The van der Waals surface area contributed by atoms with Gasteiger partial charge in [-0.3, -0.25) is 4.79 Å². The Kier molecular flexibility index (Phi) is 9.50. The Labute approximate surface area is 110 Å². The maximum atomic E-state index is 11.5. The van der Waals surface area contributed by atoms with Gasteiger partial charge in [-0.25, -0.2) is 0 Å². The van der Waals surface area contributed by atoms with Crippen molar-refractivity contribution in [2.75, 3.05) is 26.8 Å². The summed E-state index contributed by atoms with van der Waals surface area (Å²) in [4.78, 5) is 11.5. The van der Waals surface area contributed by atoms with Crippen LogP contribution >= 0.6 is 12.4 Å². The summed E-state index contributed by atoms with van der Waals surface area (Å²) in [5, 5.41) is 6.03. The first-order valence-electron chi connectivity index (χ1n) is 6.24. The highest BCUT2D eigenvalue weighted by atomic mass is 35.5. The lowest BCUT2D eigenvalue weighted by atomic mass is 9.95. The predicted octanol–water partition coefficient (Wildman–Crippen LogP) is 1.34. The minimum absolute atomic E-state index is 0. The molecule has 1 aliphatic rings. The van der Waals surface area contributed by atoms with Crippen LogP contribution < -0.4 is 10.6 Å². The van der Waals surface area contributed by atoms with Gasteiger partial charge >= 0.3 is 0 Å². The van der Waals surface area contributed by atoms with E-state index in [0.717, 1.165) is 32.5 Å². The van der Waals surface area contributed by atoms with Gasteiger partial charge in [0, 0.05) is 32.2 Å². The average Bonchev–Trinajstić information content (AvgIpc) is 2.34. The van der Waals surface area contributed by atoms with Gasteiger partial charge in [0.2, 0.25) is 5.91 Å². The van der Waals surface area contributed by atoms with E-state index in [1.54, 1.807) is 0 Å². The molecular formula is C12H25ClN2O2. The molecule has 1 saturated heterocycles. The largest absolute Gasteiger partial charge is 0.381 e. The van der Waals surface area contributed by atoms with Crippen LogP contribution in [-0.2, 0) is 9.53 Å². The van der Waals surface area contributed by atoms with E-state index in [-0.39, 0.29) is 18.3 Å².